The van der Waals surface area contributed by atoms with Crippen molar-refractivity contribution in [3.05, 3.63) is 23.9 Å². The van der Waals surface area contributed by atoms with Crippen LogP contribution in [0.4, 0.5) is 0 Å². The third-order valence-corrected chi connectivity index (χ3v) is 5.08. The lowest BCUT2D eigenvalue weighted by Gasteiger charge is -2.34. The summed E-state index contributed by atoms with van der Waals surface area (Å²) < 4.78 is 11.3. The Bertz CT molecular complexity index is 723. The van der Waals surface area contributed by atoms with Crippen molar-refractivity contribution in [2.45, 2.75) is 25.3 Å². The van der Waals surface area contributed by atoms with Crippen LogP contribution in [0.3, 0.4) is 0 Å². The number of likely N-dealkylation sites (tertiary alicyclic amines) is 1. The SMILES string of the molecule is COc1ccc2ncc3c(c2n1)CC(CN1CCC(N)CC1)CO3. The molecule has 128 valence electrons. The van der Waals surface area contributed by atoms with E-state index in [2.05, 4.69) is 14.9 Å². The van der Waals surface area contributed by atoms with Crippen molar-refractivity contribution in [1.29, 1.82) is 0 Å². The van der Waals surface area contributed by atoms with Crippen LogP contribution < -0.4 is 15.2 Å². The molecule has 24 heavy (non-hydrogen) atoms. The highest BCUT2D eigenvalue weighted by molar-refractivity contribution is 5.80. The second-order valence-corrected chi connectivity index (χ2v) is 6.84. The van der Waals surface area contributed by atoms with Crippen molar-refractivity contribution in [2.75, 3.05) is 33.4 Å². The molecule has 0 aliphatic carbocycles. The van der Waals surface area contributed by atoms with Gasteiger partial charge in [-0.25, -0.2) is 4.98 Å². The van der Waals surface area contributed by atoms with Gasteiger partial charge in [-0.2, -0.15) is 0 Å². The zero-order valence-electron chi connectivity index (χ0n) is 14.1. The molecule has 4 rings (SSSR count). The molecule has 0 radical (unpaired) electrons. The van der Waals surface area contributed by atoms with Crippen molar-refractivity contribution >= 4 is 11.0 Å². The molecule has 6 heteroatoms. The maximum Gasteiger partial charge on any atom is 0.213 e. The summed E-state index contributed by atoms with van der Waals surface area (Å²) in [6, 6.07) is 4.17. The standard InChI is InChI=1S/C18H24N4O2/c1-23-17-3-2-15-18(21-17)14-8-12(11-24-16(14)9-20-15)10-22-6-4-13(19)5-7-22/h2-3,9,12-13H,4-8,10-11,19H2,1H3. The van der Waals surface area contributed by atoms with E-state index < -0.39 is 0 Å². The van der Waals surface area contributed by atoms with E-state index in [1.54, 1.807) is 7.11 Å². The predicted octanol–water partition coefficient (Wildman–Crippen LogP) is 1.61. The zero-order valence-corrected chi connectivity index (χ0v) is 14.1. The first kappa shape index (κ1) is 15.6. The van der Waals surface area contributed by atoms with E-state index in [0.717, 1.165) is 67.8 Å². The fraction of sp³-hybridized carbons (Fsp3) is 0.556. The highest BCUT2D eigenvalue weighted by Crippen LogP contribution is 2.33. The van der Waals surface area contributed by atoms with E-state index in [1.807, 2.05) is 18.3 Å². The molecule has 1 atom stereocenters. The second kappa shape index (κ2) is 6.53. The minimum Gasteiger partial charge on any atom is -0.491 e. The summed E-state index contributed by atoms with van der Waals surface area (Å²) in [4.78, 5) is 11.6. The Balaban J connectivity index is 1.55. The molecular weight excluding hydrogens is 304 g/mol. The summed E-state index contributed by atoms with van der Waals surface area (Å²) in [6.45, 7) is 3.98. The molecule has 6 nitrogen and oxygen atoms in total. The Hall–Kier alpha value is -1.92. The van der Waals surface area contributed by atoms with Gasteiger partial charge in [-0.1, -0.05) is 0 Å². The minimum absolute atomic E-state index is 0.372. The van der Waals surface area contributed by atoms with Crippen LogP contribution in [-0.2, 0) is 6.42 Å². The number of hydrogen-bond donors (Lipinski definition) is 1. The molecule has 1 fully saturated rings. The van der Waals surface area contributed by atoms with Gasteiger partial charge < -0.3 is 20.1 Å². The Kier molecular flexibility index (Phi) is 4.24. The highest BCUT2D eigenvalue weighted by Gasteiger charge is 2.26. The number of ether oxygens (including phenoxy) is 2. The van der Waals surface area contributed by atoms with Crippen molar-refractivity contribution in [3.8, 4) is 11.6 Å². The number of nitrogens with two attached hydrogens (primary N) is 1. The summed E-state index contributed by atoms with van der Waals surface area (Å²) in [6.07, 6.45) is 4.98. The predicted molar refractivity (Wildman–Crippen MR) is 92.4 cm³/mol. The van der Waals surface area contributed by atoms with Gasteiger partial charge in [0.25, 0.3) is 0 Å². The molecule has 0 spiro atoms. The number of rotatable bonds is 3. The van der Waals surface area contributed by atoms with Crippen LogP contribution in [-0.4, -0.2) is 54.3 Å². The molecule has 0 aromatic carbocycles. The molecular formula is C18H24N4O2. The van der Waals surface area contributed by atoms with Crippen molar-refractivity contribution in [1.82, 2.24) is 14.9 Å². The third-order valence-electron chi connectivity index (χ3n) is 5.08. The summed E-state index contributed by atoms with van der Waals surface area (Å²) in [5.41, 5.74) is 8.95. The van der Waals surface area contributed by atoms with Crippen LogP contribution >= 0.6 is 0 Å². The lowest BCUT2D eigenvalue weighted by atomic mass is 9.94. The Labute approximate surface area is 142 Å². The molecule has 0 bridgehead atoms. The zero-order chi connectivity index (χ0) is 16.5. The summed E-state index contributed by atoms with van der Waals surface area (Å²) in [5.74, 6) is 1.95. The summed E-state index contributed by atoms with van der Waals surface area (Å²) in [5, 5.41) is 0. The van der Waals surface area contributed by atoms with Gasteiger partial charge in [0, 0.05) is 30.1 Å². The maximum atomic E-state index is 6.00. The van der Waals surface area contributed by atoms with Crippen LogP contribution in [0.1, 0.15) is 18.4 Å². The van der Waals surface area contributed by atoms with Crippen LogP contribution in [0.15, 0.2) is 18.3 Å². The number of nitrogens with zero attached hydrogens (tertiary/aromatic N) is 3. The largest absolute Gasteiger partial charge is 0.491 e. The van der Waals surface area contributed by atoms with Gasteiger partial charge in [-0.3, -0.25) is 4.98 Å². The number of aromatic nitrogens is 2. The molecule has 2 aromatic heterocycles. The number of pyridine rings is 2. The fourth-order valence-corrected chi connectivity index (χ4v) is 3.69. The van der Waals surface area contributed by atoms with Gasteiger partial charge in [0.05, 0.1) is 30.9 Å². The number of hydrogen-bond acceptors (Lipinski definition) is 6. The average Bonchev–Trinajstić information content (AvgIpc) is 2.63. The first-order valence-electron chi connectivity index (χ1n) is 8.66. The highest BCUT2D eigenvalue weighted by atomic mass is 16.5. The first-order chi connectivity index (χ1) is 11.7. The molecule has 1 unspecified atom stereocenters. The summed E-state index contributed by atoms with van der Waals surface area (Å²) >= 11 is 0. The monoisotopic (exact) mass is 328 g/mol. The Morgan fingerprint density at radius 3 is 2.96 bits per heavy atom. The minimum atomic E-state index is 0.372. The maximum absolute atomic E-state index is 6.00. The molecule has 2 N–H and O–H groups in total. The summed E-state index contributed by atoms with van der Waals surface area (Å²) in [7, 11) is 1.64. The van der Waals surface area contributed by atoms with E-state index in [9.17, 15) is 0 Å². The molecule has 0 saturated carbocycles. The third kappa shape index (κ3) is 3.03. The van der Waals surface area contributed by atoms with E-state index >= 15 is 0 Å². The van der Waals surface area contributed by atoms with E-state index in [0.29, 0.717) is 17.8 Å². The lowest BCUT2D eigenvalue weighted by Crippen LogP contribution is -2.43. The van der Waals surface area contributed by atoms with Gasteiger partial charge in [0.1, 0.15) is 5.75 Å². The smallest absolute Gasteiger partial charge is 0.213 e. The van der Waals surface area contributed by atoms with Crippen LogP contribution in [0.2, 0.25) is 0 Å². The number of piperidine rings is 1. The molecule has 2 aliphatic rings. The van der Waals surface area contributed by atoms with Crippen LogP contribution in [0.5, 0.6) is 11.6 Å². The normalized spacial score (nSPS) is 22.2. The first-order valence-corrected chi connectivity index (χ1v) is 8.66. The van der Waals surface area contributed by atoms with Crippen molar-refractivity contribution in [3.63, 3.8) is 0 Å². The van der Waals surface area contributed by atoms with E-state index in [4.69, 9.17) is 15.2 Å². The van der Waals surface area contributed by atoms with Gasteiger partial charge in [-0.15, -0.1) is 0 Å². The van der Waals surface area contributed by atoms with E-state index in [1.165, 1.54) is 0 Å². The lowest BCUT2D eigenvalue weighted by molar-refractivity contribution is 0.138. The van der Waals surface area contributed by atoms with E-state index in [-0.39, 0.29) is 0 Å². The molecule has 4 heterocycles. The Morgan fingerprint density at radius 1 is 1.33 bits per heavy atom. The van der Waals surface area contributed by atoms with Gasteiger partial charge in [0.2, 0.25) is 5.88 Å². The van der Waals surface area contributed by atoms with Gasteiger partial charge in [-0.05, 0) is 38.4 Å². The van der Waals surface area contributed by atoms with Gasteiger partial charge >= 0.3 is 0 Å². The van der Waals surface area contributed by atoms with Crippen LogP contribution in [0.25, 0.3) is 11.0 Å². The number of fused-ring (bicyclic) bond motifs is 3. The average molecular weight is 328 g/mol. The molecule has 1 saturated heterocycles. The molecule has 0 amide bonds. The van der Waals surface area contributed by atoms with Crippen molar-refractivity contribution < 1.29 is 9.47 Å². The molecule has 2 aromatic rings. The second-order valence-electron chi connectivity index (χ2n) is 6.84. The quantitative estimate of drug-likeness (QED) is 0.923. The Morgan fingerprint density at radius 2 is 2.17 bits per heavy atom. The van der Waals surface area contributed by atoms with Crippen molar-refractivity contribution in [2.24, 2.45) is 11.7 Å². The number of methoxy groups -OCH3 is 1. The molecule has 2 aliphatic heterocycles. The van der Waals surface area contributed by atoms with Crippen LogP contribution in [0, 0.1) is 5.92 Å². The fourth-order valence-electron chi connectivity index (χ4n) is 3.69. The topological polar surface area (TPSA) is 73.5 Å². The van der Waals surface area contributed by atoms with Gasteiger partial charge in [0.15, 0.2) is 0 Å².